The summed E-state index contributed by atoms with van der Waals surface area (Å²) in [6, 6.07) is 23.7. The molecule has 13 nitrogen and oxygen atoms in total. The zero-order valence-electron chi connectivity index (χ0n) is 32.6. The number of para-hydroxylation sites is 5. The van der Waals surface area contributed by atoms with E-state index >= 15 is 9.59 Å². The van der Waals surface area contributed by atoms with E-state index in [1.54, 1.807) is 24.3 Å². The van der Waals surface area contributed by atoms with E-state index < -0.39 is 102 Å². The highest BCUT2D eigenvalue weighted by molar-refractivity contribution is 6.35. The number of fused-ring (bicyclic) bond motifs is 26. The van der Waals surface area contributed by atoms with E-state index in [-0.39, 0.29) is 0 Å². The molecule has 0 N–H and O–H groups in total. The molecule has 7 heterocycles. The van der Waals surface area contributed by atoms with E-state index in [0.29, 0.717) is 50.5 Å². The minimum atomic E-state index is -1.79. The zero-order valence-corrected chi connectivity index (χ0v) is 35.7. The van der Waals surface area contributed by atoms with Crippen LogP contribution in [0.15, 0.2) is 78.9 Å². The van der Waals surface area contributed by atoms with Gasteiger partial charge < -0.3 is 28.4 Å². The van der Waals surface area contributed by atoms with Crippen LogP contribution in [0.2, 0.25) is 0 Å². The van der Waals surface area contributed by atoms with E-state index in [0.717, 1.165) is 0 Å². The molecule has 9 aliphatic rings. The first-order chi connectivity index (χ1) is 29.4. The number of methoxy groups -OCH3 is 4. The van der Waals surface area contributed by atoms with Crippen molar-refractivity contribution in [1.82, 2.24) is 19.9 Å². The van der Waals surface area contributed by atoms with E-state index in [9.17, 15) is 0 Å². The van der Waals surface area contributed by atoms with Crippen LogP contribution in [0.4, 0.5) is 5.69 Å². The van der Waals surface area contributed by atoms with Gasteiger partial charge in [-0.2, -0.15) is 0 Å². The molecule has 5 aromatic rings. The van der Waals surface area contributed by atoms with Gasteiger partial charge in [-0.1, -0.05) is 42.5 Å². The normalized spacial score (nSPS) is 44.9. The van der Waals surface area contributed by atoms with Gasteiger partial charge in [0.1, 0.15) is 30.3 Å². The number of carbonyl (C=O) groups is 2. The van der Waals surface area contributed by atoms with Crippen LogP contribution in [-0.2, 0) is 57.5 Å². The number of nitrogens with zero attached hydrogens (tertiary/aromatic N) is 5. The number of alkyl halides is 4. The van der Waals surface area contributed by atoms with Crippen molar-refractivity contribution in [2.75, 3.05) is 33.3 Å². The van der Waals surface area contributed by atoms with Crippen LogP contribution < -0.4 is 4.90 Å². The minimum Gasteiger partial charge on any atom is -0.372 e. The van der Waals surface area contributed by atoms with E-state index in [2.05, 4.69) is 0 Å². The number of anilines is 1. The fourth-order valence-corrected chi connectivity index (χ4v) is 18.0. The maximum Gasteiger partial charge on any atom is 0.246 e. The molecule has 5 aliphatic heterocycles. The van der Waals surface area contributed by atoms with Crippen molar-refractivity contribution < 1.29 is 38.0 Å². The number of halogens is 4. The summed E-state index contributed by atoms with van der Waals surface area (Å²) >= 11 is 32.9. The fourth-order valence-electron chi connectivity index (χ4n) is 15.2. The lowest BCUT2D eigenvalue weighted by atomic mass is 9.42. The summed E-state index contributed by atoms with van der Waals surface area (Å²) in [4.78, 5) is 47.4. The number of hydrogen-bond acceptors (Lipinski definition) is 12. The lowest BCUT2D eigenvalue weighted by molar-refractivity contribution is -0.248. The van der Waals surface area contributed by atoms with Crippen LogP contribution in [0.1, 0.15) is 22.8 Å². The number of aromatic nitrogens is 4. The van der Waals surface area contributed by atoms with Gasteiger partial charge in [0, 0.05) is 52.1 Å². The second-order valence-electron chi connectivity index (χ2n) is 17.8. The van der Waals surface area contributed by atoms with Gasteiger partial charge in [0.25, 0.3) is 0 Å². The Bertz CT molecular complexity index is 2610. The zero-order chi connectivity index (χ0) is 41.8. The van der Waals surface area contributed by atoms with Crippen LogP contribution in [0, 0.1) is 34.5 Å². The number of rotatable bonds is 5. The Morgan fingerprint density at radius 2 is 0.754 bits per heavy atom. The highest BCUT2D eigenvalue weighted by atomic mass is 35.5. The second-order valence-corrected chi connectivity index (χ2v) is 20.2. The quantitative estimate of drug-likeness (QED) is 0.123. The molecular weight excluding hydrogens is 868 g/mol. The number of imide groups is 1. The molecule has 0 spiro atoms. The SMILES string of the molecule is COC1(OC)[C@@]2(Cl)c3nc4ccccc4nc3[C@]1(Cl)[C@H]1[C@@H]2[C@H]2O[C@@H]1C13C(=O)N(c4ccccc4)C(=O)C21[C@H]1O[C@@H]3[C@H]2[C@@H]1[C@@]1(Cl)c3nc4ccccc4nc3[C@]2(Cl)C1(OC)OC. The number of amides is 2. The minimum absolute atomic E-state index is 0.354. The largest absolute Gasteiger partial charge is 0.372 e. The summed E-state index contributed by atoms with van der Waals surface area (Å²) < 4.78 is 40.3. The Hall–Kier alpha value is -3.60. The first-order valence-electron chi connectivity index (χ1n) is 20.1. The second kappa shape index (κ2) is 10.7. The first-order valence-corrected chi connectivity index (χ1v) is 21.7. The summed E-state index contributed by atoms with van der Waals surface area (Å²) in [6.45, 7) is 0. The van der Waals surface area contributed by atoms with Crippen molar-refractivity contribution in [3.05, 3.63) is 102 Å². The van der Waals surface area contributed by atoms with Gasteiger partial charge in [-0.05, 0) is 36.4 Å². The van der Waals surface area contributed by atoms with E-state index in [1.165, 1.54) is 33.3 Å². The molecule has 61 heavy (non-hydrogen) atoms. The average molecular weight is 902 g/mol. The molecule has 7 fully saturated rings. The third kappa shape index (κ3) is 3.01. The van der Waals surface area contributed by atoms with Crippen LogP contribution >= 0.6 is 46.4 Å². The molecule has 0 radical (unpaired) electrons. The summed E-state index contributed by atoms with van der Waals surface area (Å²) in [7, 11) is 5.94. The molecule has 2 aromatic heterocycles. The highest BCUT2D eigenvalue weighted by Gasteiger charge is 3.05. The Labute approximate surface area is 367 Å². The molecule has 4 aliphatic carbocycles. The predicted molar refractivity (Wildman–Crippen MR) is 218 cm³/mol. The maximum absolute atomic E-state index is 16.2. The summed E-state index contributed by atoms with van der Waals surface area (Å²) in [6.07, 6.45) is -4.44. The van der Waals surface area contributed by atoms with E-state index in [4.69, 9.17) is 94.8 Å². The van der Waals surface area contributed by atoms with Crippen molar-refractivity contribution in [3.8, 4) is 0 Å². The predicted octanol–water partition coefficient (Wildman–Crippen LogP) is 5.62. The number of ether oxygens (including phenoxy) is 6. The maximum atomic E-state index is 16.2. The van der Waals surface area contributed by atoms with Crippen molar-refractivity contribution in [2.24, 2.45) is 34.5 Å². The van der Waals surface area contributed by atoms with Crippen molar-refractivity contribution >= 4 is 86.0 Å². The topological polar surface area (TPSA) is 144 Å². The Kier molecular flexibility index (Phi) is 6.44. The van der Waals surface area contributed by atoms with Gasteiger partial charge >= 0.3 is 0 Å². The smallest absolute Gasteiger partial charge is 0.246 e. The average Bonchev–Trinajstić information content (AvgIpc) is 4.14. The third-order valence-corrected chi connectivity index (χ3v) is 19.4. The molecule has 5 saturated heterocycles. The first kappa shape index (κ1) is 36.8. The molecule has 2 amide bonds. The molecule has 2 unspecified atom stereocenters. The monoisotopic (exact) mass is 899 g/mol. The lowest BCUT2D eigenvalue weighted by Crippen LogP contribution is -2.70. The van der Waals surface area contributed by atoms with Gasteiger partial charge in [0.05, 0.1) is 74.9 Å². The Balaban J connectivity index is 1.07. The number of benzene rings is 3. The number of hydrogen-bond donors (Lipinski definition) is 0. The molecular formula is C44H33Cl4N5O8. The van der Waals surface area contributed by atoms with Crippen LogP contribution in [-0.4, -0.2) is 96.2 Å². The van der Waals surface area contributed by atoms with Crippen molar-refractivity contribution in [2.45, 2.75) is 55.5 Å². The van der Waals surface area contributed by atoms with Gasteiger partial charge in [0.15, 0.2) is 0 Å². The highest BCUT2D eigenvalue weighted by Crippen LogP contribution is 2.92. The summed E-state index contributed by atoms with van der Waals surface area (Å²) in [5.74, 6) is -7.91. The fraction of sp³-hybridized carbons (Fsp3) is 0.455. The van der Waals surface area contributed by atoms with Gasteiger partial charge in [-0.25, -0.2) is 24.8 Å². The van der Waals surface area contributed by atoms with Gasteiger partial charge in [0.2, 0.25) is 23.4 Å². The Morgan fingerprint density at radius 3 is 1.03 bits per heavy atom. The molecule has 17 heteroatoms. The standard InChI is InChI=1S/C44H33Cl4N5O8/c1-56-43(57-2)39(45)23-24(40(43,46)28-27(39)49-19-14-8-9-15-20(19)50-28)32-38-34-26-25(33(61-34)37(38,31(23)60-32)35(54)53(36(38)55)18-12-6-5-7-13-18)41(47)29-30(42(26,48)44(41,58-3)59-4)52-22-17-11-10-16-21(22)51-29/h5-17,23-26,31-34H,1-4H3/t23-,24+,25+,26-,31-,32+,33+,34-,37?,38?,39+,40-,41-,42+. The van der Waals surface area contributed by atoms with Crippen molar-refractivity contribution in [1.29, 1.82) is 0 Å². The van der Waals surface area contributed by atoms with Crippen LogP contribution in [0.5, 0.6) is 0 Å². The molecule has 8 bridgehead atoms. The Morgan fingerprint density at radius 1 is 0.475 bits per heavy atom. The van der Waals surface area contributed by atoms with Gasteiger partial charge in [-0.3, -0.25) is 9.59 Å². The lowest BCUT2D eigenvalue weighted by Gasteiger charge is -2.54. The molecule has 14 rings (SSSR count). The third-order valence-electron chi connectivity index (χ3n) is 16.7. The number of carbonyl (C=O) groups excluding carboxylic acids is 2. The van der Waals surface area contributed by atoms with Crippen LogP contribution in [0.25, 0.3) is 22.1 Å². The molecule has 3 aromatic carbocycles. The summed E-state index contributed by atoms with van der Waals surface area (Å²) in [5, 5.41) is 0. The van der Waals surface area contributed by atoms with Gasteiger partial charge in [-0.15, -0.1) is 46.4 Å². The molecule has 2 saturated carbocycles. The summed E-state index contributed by atoms with van der Waals surface area (Å²) in [5.41, 5.74) is 0.653. The van der Waals surface area contributed by atoms with Crippen molar-refractivity contribution in [3.63, 3.8) is 0 Å². The molecule has 14 atom stereocenters. The molecule has 310 valence electrons. The van der Waals surface area contributed by atoms with E-state index in [1.807, 2.05) is 54.6 Å². The van der Waals surface area contributed by atoms with Crippen LogP contribution in [0.3, 0.4) is 0 Å².